The van der Waals surface area contributed by atoms with Gasteiger partial charge in [-0.15, -0.1) is 11.3 Å². The molecule has 1 unspecified atom stereocenters. The van der Waals surface area contributed by atoms with Crippen LogP contribution in [0.25, 0.3) is 0 Å². The lowest BCUT2D eigenvalue weighted by Crippen LogP contribution is -2.36. The summed E-state index contributed by atoms with van der Waals surface area (Å²) < 4.78 is 0. The molecule has 0 bridgehead atoms. The summed E-state index contributed by atoms with van der Waals surface area (Å²) in [5, 5.41) is 11.9. The van der Waals surface area contributed by atoms with Crippen molar-refractivity contribution in [3.63, 3.8) is 0 Å². The molecule has 1 aliphatic rings. The van der Waals surface area contributed by atoms with Crippen molar-refractivity contribution in [3.8, 4) is 0 Å². The number of nitrogens with two attached hydrogens (primary N) is 1. The summed E-state index contributed by atoms with van der Waals surface area (Å²) in [4.78, 5) is 29.6. The Labute approximate surface area is 121 Å². The lowest BCUT2D eigenvalue weighted by atomic mass is 9.84. The first kappa shape index (κ1) is 14.9. The van der Waals surface area contributed by atoms with E-state index in [1.165, 1.54) is 11.3 Å². The molecule has 6 nitrogen and oxygen atoms in total. The highest BCUT2D eigenvalue weighted by Gasteiger charge is 2.45. The van der Waals surface area contributed by atoms with Crippen LogP contribution in [0.3, 0.4) is 0 Å². The number of carboxylic acid groups (broad SMARTS) is 1. The van der Waals surface area contributed by atoms with Crippen molar-refractivity contribution in [1.29, 1.82) is 0 Å². The number of hydrogen-bond acceptors (Lipinski definition) is 5. The van der Waals surface area contributed by atoms with E-state index in [4.69, 9.17) is 5.73 Å². The zero-order chi connectivity index (χ0) is 14.8. The van der Waals surface area contributed by atoms with Crippen LogP contribution in [-0.4, -0.2) is 46.5 Å². The average Bonchev–Trinajstić information content (AvgIpc) is 3.05. The molecule has 2 heterocycles. The first-order chi connectivity index (χ1) is 9.52. The molecule has 110 valence electrons. The van der Waals surface area contributed by atoms with Gasteiger partial charge in [0.15, 0.2) is 0 Å². The van der Waals surface area contributed by atoms with E-state index in [1.807, 2.05) is 6.92 Å². The molecule has 1 saturated heterocycles. The van der Waals surface area contributed by atoms with Gasteiger partial charge in [0.2, 0.25) is 0 Å². The SMILES string of the molecule is CCC1(C(=O)O)CCN(C(=O)c2csc(CCN)n2)C1. The maximum atomic E-state index is 12.3. The Hall–Kier alpha value is -1.47. The van der Waals surface area contributed by atoms with E-state index in [2.05, 4.69) is 4.98 Å². The Morgan fingerprint density at radius 1 is 1.60 bits per heavy atom. The van der Waals surface area contributed by atoms with Gasteiger partial charge in [-0.25, -0.2) is 4.98 Å². The number of thiazole rings is 1. The maximum Gasteiger partial charge on any atom is 0.311 e. The predicted octanol–water partition coefficient (Wildman–Crippen LogP) is 0.971. The van der Waals surface area contributed by atoms with Gasteiger partial charge in [-0.1, -0.05) is 6.92 Å². The second-order valence-corrected chi connectivity index (χ2v) is 6.02. The van der Waals surface area contributed by atoms with Gasteiger partial charge in [0.05, 0.1) is 10.4 Å². The number of hydrogen-bond donors (Lipinski definition) is 2. The van der Waals surface area contributed by atoms with Crippen LogP contribution in [0.4, 0.5) is 0 Å². The van der Waals surface area contributed by atoms with E-state index in [1.54, 1.807) is 10.3 Å². The first-order valence-corrected chi connectivity index (χ1v) is 7.57. The van der Waals surface area contributed by atoms with Crippen LogP contribution < -0.4 is 5.73 Å². The number of aliphatic carboxylic acids is 1. The number of nitrogens with zero attached hydrogens (tertiary/aromatic N) is 2. The zero-order valence-corrected chi connectivity index (χ0v) is 12.3. The smallest absolute Gasteiger partial charge is 0.311 e. The number of carbonyl (C=O) groups is 2. The van der Waals surface area contributed by atoms with Gasteiger partial charge in [0.25, 0.3) is 5.91 Å². The molecule has 1 aliphatic heterocycles. The molecule has 1 aromatic rings. The average molecular weight is 297 g/mol. The number of amides is 1. The van der Waals surface area contributed by atoms with Crippen LogP contribution in [0.1, 0.15) is 35.3 Å². The fourth-order valence-electron chi connectivity index (χ4n) is 2.47. The molecule has 0 aromatic carbocycles. The molecular weight excluding hydrogens is 278 g/mol. The third kappa shape index (κ3) is 2.69. The third-order valence-corrected chi connectivity index (χ3v) is 4.81. The van der Waals surface area contributed by atoms with Crippen LogP contribution in [0, 0.1) is 5.41 Å². The lowest BCUT2D eigenvalue weighted by Gasteiger charge is -2.22. The summed E-state index contributed by atoms with van der Waals surface area (Å²) >= 11 is 1.42. The topological polar surface area (TPSA) is 96.5 Å². The quantitative estimate of drug-likeness (QED) is 0.844. The number of aromatic nitrogens is 1. The minimum Gasteiger partial charge on any atom is -0.481 e. The van der Waals surface area contributed by atoms with Crippen LogP contribution in [0.5, 0.6) is 0 Å². The Kier molecular flexibility index (Phi) is 4.39. The van der Waals surface area contributed by atoms with E-state index >= 15 is 0 Å². The Morgan fingerprint density at radius 2 is 2.35 bits per heavy atom. The minimum absolute atomic E-state index is 0.180. The summed E-state index contributed by atoms with van der Waals surface area (Å²) in [6, 6.07) is 0. The highest BCUT2D eigenvalue weighted by molar-refractivity contribution is 7.09. The molecule has 2 rings (SSSR count). The standard InChI is InChI=1S/C13H19N3O3S/c1-2-13(12(18)19)4-6-16(8-13)11(17)9-7-20-10(15-9)3-5-14/h7H,2-6,8,14H2,1H3,(H,18,19). The van der Waals surface area contributed by atoms with E-state index < -0.39 is 11.4 Å². The van der Waals surface area contributed by atoms with Crippen molar-refractivity contribution < 1.29 is 14.7 Å². The molecular formula is C13H19N3O3S. The van der Waals surface area contributed by atoms with Crippen LogP contribution in [-0.2, 0) is 11.2 Å². The molecule has 20 heavy (non-hydrogen) atoms. The summed E-state index contributed by atoms with van der Waals surface area (Å²) in [5.41, 5.74) is 5.06. The van der Waals surface area contributed by atoms with E-state index in [9.17, 15) is 14.7 Å². The van der Waals surface area contributed by atoms with E-state index in [0.717, 1.165) is 5.01 Å². The summed E-state index contributed by atoms with van der Waals surface area (Å²) in [5.74, 6) is -1.00. The van der Waals surface area contributed by atoms with Gasteiger partial charge >= 0.3 is 5.97 Å². The normalized spacial score (nSPS) is 22.2. The van der Waals surface area contributed by atoms with Gasteiger partial charge in [0.1, 0.15) is 5.69 Å². The molecule has 0 radical (unpaired) electrons. The van der Waals surface area contributed by atoms with Crippen LogP contribution in [0.15, 0.2) is 5.38 Å². The maximum absolute atomic E-state index is 12.3. The van der Waals surface area contributed by atoms with Gasteiger partial charge in [-0.05, 0) is 19.4 Å². The van der Waals surface area contributed by atoms with Gasteiger partial charge in [0, 0.05) is 24.9 Å². The Morgan fingerprint density at radius 3 is 2.90 bits per heavy atom. The largest absolute Gasteiger partial charge is 0.481 e. The molecule has 1 aromatic heterocycles. The van der Waals surface area contributed by atoms with E-state index in [0.29, 0.717) is 38.0 Å². The van der Waals surface area contributed by atoms with Crippen LogP contribution in [0.2, 0.25) is 0 Å². The molecule has 3 N–H and O–H groups in total. The minimum atomic E-state index is -0.822. The van der Waals surface area contributed by atoms with Gasteiger partial charge in [-0.2, -0.15) is 0 Å². The van der Waals surface area contributed by atoms with Crippen molar-refractivity contribution in [2.45, 2.75) is 26.2 Å². The first-order valence-electron chi connectivity index (χ1n) is 6.69. The fourth-order valence-corrected chi connectivity index (χ4v) is 3.26. The van der Waals surface area contributed by atoms with Crippen molar-refractivity contribution in [2.75, 3.05) is 19.6 Å². The number of carboxylic acids is 1. The summed E-state index contributed by atoms with van der Waals surface area (Å²) in [7, 11) is 0. The molecule has 7 heteroatoms. The molecule has 0 spiro atoms. The van der Waals surface area contributed by atoms with Crippen molar-refractivity contribution >= 4 is 23.2 Å². The third-order valence-electron chi connectivity index (χ3n) is 3.90. The second kappa shape index (κ2) is 5.88. The number of likely N-dealkylation sites (tertiary alicyclic amines) is 1. The number of carbonyl (C=O) groups excluding carboxylic acids is 1. The molecule has 0 aliphatic carbocycles. The molecule has 1 fully saturated rings. The summed E-state index contributed by atoms with van der Waals surface area (Å²) in [6.07, 6.45) is 1.69. The van der Waals surface area contributed by atoms with Crippen molar-refractivity contribution in [2.24, 2.45) is 11.1 Å². The molecule has 1 atom stereocenters. The van der Waals surface area contributed by atoms with Gasteiger partial charge in [-0.3, -0.25) is 9.59 Å². The predicted molar refractivity (Wildman–Crippen MR) is 75.8 cm³/mol. The molecule has 1 amide bonds. The Balaban J connectivity index is 2.09. The van der Waals surface area contributed by atoms with Crippen molar-refractivity contribution in [3.05, 3.63) is 16.1 Å². The molecule has 0 saturated carbocycles. The van der Waals surface area contributed by atoms with Crippen LogP contribution >= 0.6 is 11.3 Å². The monoisotopic (exact) mass is 297 g/mol. The van der Waals surface area contributed by atoms with Gasteiger partial charge < -0.3 is 15.7 Å². The Bertz CT molecular complexity index is 517. The number of rotatable bonds is 5. The highest BCUT2D eigenvalue weighted by atomic mass is 32.1. The van der Waals surface area contributed by atoms with E-state index in [-0.39, 0.29) is 12.5 Å². The fraction of sp³-hybridized carbons (Fsp3) is 0.615. The summed E-state index contributed by atoms with van der Waals surface area (Å²) in [6.45, 7) is 3.09. The second-order valence-electron chi connectivity index (χ2n) is 5.08. The highest BCUT2D eigenvalue weighted by Crippen LogP contribution is 2.34. The zero-order valence-electron chi connectivity index (χ0n) is 11.5. The van der Waals surface area contributed by atoms with Crippen molar-refractivity contribution in [1.82, 2.24) is 9.88 Å². The lowest BCUT2D eigenvalue weighted by molar-refractivity contribution is -0.148.